The SMILES string of the molecule is C1=CN2B(C=C1c1nc(-c3ccccc3)nc(-c3cccc4ccccc34)n1)c1ccccc1-c1cc(-c3cc(-c4ccccc4)cc(-c4ccccc4)c3)ccc12. The van der Waals surface area contributed by atoms with Crippen molar-refractivity contribution < 1.29 is 0 Å². The van der Waals surface area contributed by atoms with Crippen molar-refractivity contribution in [2.24, 2.45) is 0 Å². The highest BCUT2D eigenvalue weighted by atomic mass is 15.1. The Bertz CT molecular complexity index is 3000. The molecule has 9 aromatic rings. The number of hydrogen-bond acceptors (Lipinski definition) is 4. The smallest absolute Gasteiger partial charge is 0.321 e. The molecule has 11 rings (SSSR count). The van der Waals surface area contributed by atoms with E-state index in [0.29, 0.717) is 17.5 Å². The summed E-state index contributed by atoms with van der Waals surface area (Å²) in [5.74, 6) is 4.27. The first-order valence-corrected chi connectivity index (χ1v) is 19.7. The molecule has 0 unspecified atom stereocenters. The Hall–Kier alpha value is -7.63. The van der Waals surface area contributed by atoms with E-state index in [1.807, 2.05) is 18.2 Å². The summed E-state index contributed by atoms with van der Waals surface area (Å²) in [6, 6.07) is 68.9. The van der Waals surface area contributed by atoms with Crippen LogP contribution in [0.4, 0.5) is 5.69 Å². The number of benzene rings is 8. The van der Waals surface area contributed by atoms with Crippen molar-refractivity contribution in [3.05, 3.63) is 218 Å². The second kappa shape index (κ2) is 14.1. The lowest BCUT2D eigenvalue weighted by molar-refractivity contribution is 1.04. The zero-order valence-corrected chi connectivity index (χ0v) is 31.6. The molecule has 8 aromatic carbocycles. The van der Waals surface area contributed by atoms with Crippen LogP contribution in [0.2, 0.25) is 0 Å². The Morgan fingerprint density at radius 3 is 1.69 bits per heavy atom. The van der Waals surface area contributed by atoms with Crippen LogP contribution in [0.1, 0.15) is 5.82 Å². The van der Waals surface area contributed by atoms with Gasteiger partial charge in [-0.1, -0.05) is 170 Å². The number of hydrogen-bond donors (Lipinski definition) is 0. The molecule has 0 radical (unpaired) electrons. The molecule has 0 fully saturated rings. The molecule has 0 saturated carbocycles. The second-order valence-corrected chi connectivity index (χ2v) is 14.8. The Balaban J connectivity index is 1.02. The van der Waals surface area contributed by atoms with Crippen LogP contribution in [-0.4, -0.2) is 21.8 Å². The van der Waals surface area contributed by atoms with Crippen LogP contribution in [0.5, 0.6) is 0 Å². The molecule has 58 heavy (non-hydrogen) atoms. The number of fused-ring (bicyclic) bond motifs is 7. The lowest BCUT2D eigenvalue weighted by Gasteiger charge is -2.37. The Labute approximate surface area is 338 Å². The van der Waals surface area contributed by atoms with Gasteiger partial charge < -0.3 is 4.81 Å². The molecular weight excluding hydrogens is 703 g/mol. The summed E-state index contributed by atoms with van der Waals surface area (Å²) in [4.78, 5) is 17.7. The maximum absolute atomic E-state index is 5.18. The van der Waals surface area contributed by atoms with Crippen LogP contribution >= 0.6 is 0 Å². The standard InChI is InChI=1S/C53H35BN4/c1-4-15-36(16-5-1)42-31-43(37-17-6-2-7-18-37)33-44(32-42)40-27-28-50-48(34-40)46-24-12-13-26-49(46)54-35-41(29-30-58(50)54)52-55-51(39-20-8-3-9-21-39)56-53(57-52)47-25-14-22-38-19-10-11-23-45(38)47/h1-35H. The summed E-state index contributed by atoms with van der Waals surface area (Å²) >= 11 is 0. The molecule has 0 aliphatic carbocycles. The number of allylic oxidation sites excluding steroid dienone is 2. The number of rotatable bonds is 6. The van der Waals surface area contributed by atoms with Gasteiger partial charge >= 0.3 is 6.85 Å². The summed E-state index contributed by atoms with van der Waals surface area (Å²) in [7, 11) is 0. The van der Waals surface area contributed by atoms with Crippen molar-refractivity contribution in [2.45, 2.75) is 0 Å². The van der Waals surface area contributed by atoms with Crippen molar-refractivity contribution in [1.82, 2.24) is 15.0 Å². The first-order valence-electron chi connectivity index (χ1n) is 19.7. The molecule has 1 aromatic heterocycles. The Morgan fingerprint density at radius 2 is 0.948 bits per heavy atom. The molecule has 2 aliphatic heterocycles. The van der Waals surface area contributed by atoms with Gasteiger partial charge in [0.1, 0.15) is 0 Å². The predicted molar refractivity (Wildman–Crippen MR) is 241 cm³/mol. The van der Waals surface area contributed by atoms with Crippen LogP contribution < -0.4 is 10.3 Å². The van der Waals surface area contributed by atoms with Crippen molar-refractivity contribution in [2.75, 3.05) is 4.81 Å². The van der Waals surface area contributed by atoms with Crippen LogP contribution in [-0.2, 0) is 0 Å². The van der Waals surface area contributed by atoms with Gasteiger partial charge in [-0.25, -0.2) is 15.0 Å². The van der Waals surface area contributed by atoms with Crippen LogP contribution in [0.25, 0.3) is 83.6 Å². The minimum atomic E-state index is -0.0430. The van der Waals surface area contributed by atoms with Gasteiger partial charge in [0.15, 0.2) is 17.5 Å². The van der Waals surface area contributed by atoms with Gasteiger partial charge in [-0.3, -0.25) is 0 Å². The highest BCUT2D eigenvalue weighted by Crippen LogP contribution is 2.42. The zero-order valence-electron chi connectivity index (χ0n) is 31.6. The maximum atomic E-state index is 5.18. The summed E-state index contributed by atoms with van der Waals surface area (Å²) in [6.07, 6.45) is 4.34. The summed E-state index contributed by atoms with van der Waals surface area (Å²) < 4.78 is 0. The predicted octanol–water partition coefficient (Wildman–Crippen LogP) is 12.2. The molecule has 0 N–H and O–H groups in total. The molecule has 5 heteroatoms. The van der Waals surface area contributed by atoms with Crippen LogP contribution in [0.15, 0.2) is 212 Å². The van der Waals surface area contributed by atoms with E-state index >= 15 is 0 Å². The fraction of sp³-hybridized carbons (Fsp3) is 0. The van der Waals surface area contributed by atoms with Crippen molar-refractivity contribution in [3.63, 3.8) is 0 Å². The third-order valence-electron chi connectivity index (χ3n) is 11.3. The Kier molecular flexibility index (Phi) is 8.22. The number of anilines is 1. The number of aromatic nitrogens is 3. The quantitative estimate of drug-likeness (QED) is 0.159. The first-order chi connectivity index (χ1) is 28.7. The molecule has 0 saturated heterocycles. The minimum Gasteiger partial charge on any atom is -0.383 e. The third-order valence-corrected chi connectivity index (χ3v) is 11.3. The lowest BCUT2D eigenvalue weighted by Crippen LogP contribution is -2.49. The second-order valence-electron chi connectivity index (χ2n) is 14.8. The Morgan fingerprint density at radius 1 is 0.379 bits per heavy atom. The highest BCUT2D eigenvalue weighted by Gasteiger charge is 2.35. The average molecular weight is 739 g/mol. The van der Waals surface area contributed by atoms with Gasteiger partial charge in [-0.15, -0.1) is 0 Å². The first kappa shape index (κ1) is 33.7. The van der Waals surface area contributed by atoms with E-state index in [1.54, 1.807) is 0 Å². The van der Waals surface area contributed by atoms with E-state index in [4.69, 9.17) is 15.0 Å². The van der Waals surface area contributed by atoms with E-state index < -0.39 is 0 Å². The average Bonchev–Trinajstić information content (AvgIpc) is 3.31. The topological polar surface area (TPSA) is 41.9 Å². The van der Waals surface area contributed by atoms with Gasteiger partial charge in [0.05, 0.1) is 0 Å². The van der Waals surface area contributed by atoms with Crippen molar-refractivity contribution in [1.29, 1.82) is 0 Å². The monoisotopic (exact) mass is 738 g/mol. The molecule has 0 amide bonds. The van der Waals surface area contributed by atoms with E-state index in [-0.39, 0.29) is 6.85 Å². The molecule has 0 bridgehead atoms. The van der Waals surface area contributed by atoms with Crippen LogP contribution in [0, 0.1) is 0 Å². The largest absolute Gasteiger partial charge is 0.383 e. The molecule has 3 heterocycles. The summed E-state index contributed by atoms with van der Waals surface area (Å²) in [5, 5.41) is 2.26. The summed E-state index contributed by atoms with van der Waals surface area (Å²) in [6.45, 7) is -0.0430. The van der Waals surface area contributed by atoms with Gasteiger partial charge in [0.2, 0.25) is 0 Å². The van der Waals surface area contributed by atoms with Gasteiger partial charge in [-0.05, 0) is 97.8 Å². The van der Waals surface area contributed by atoms with Gasteiger partial charge in [0.25, 0.3) is 0 Å². The molecule has 0 spiro atoms. The van der Waals surface area contributed by atoms with E-state index in [9.17, 15) is 0 Å². The zero-order chi connectivity index (χ0) is 38.4. The highest BCUT2D eigenvalue weighted by molar-refractivity contribution is 6.84. The van der Waals surface area contributed by atoms with E-state index in [2.05, 4.69) is 199 Å². The molecule has 4 nitrogen and oxygen atoms in total. The van der Waals surface area contributed by atoms with Crippen molar-refractivity contribution >= 4 is 34.3 Å². The lowest BCUT2D eigenvalue weighted by atomic mass is 9.49. The number of nitrogens with zero attached hydrogens (tertiary/aromatic N) is 4. The molecule has 0 atom stereocenters. The van der Waals surface area contributed by atoms with Crippen LogP contribution in [0.3, 0.4) is 0 Å². The minimum absolute atomic E-state index is 0.0430. The van der Waals surface area contributed by atoms with Crippen molar-refractivity contribution in [3.8, 4) is 67.3 Å². The fourth-order valence-corrected chi connectivity index (χ4v) is 8.49. The van der Waals surface area contributed by atoms with E-state index in [1.165, 1.54) is 55.7 Å². The van der Waals surface area contributed by atoms with Gasteiger partial charge in [0, 0.05) is 28.0 Å². The molecule has 270 valence electrons. The maximum Gasteiger partial charge on any atom is 0.321 e. The molecule has 2 aliphatic rings. The normalized spacial score (nSPS) is 12.8. The third kappa shape index (κ3) is 6.01. The van der Waals surface area contributed by atoms with E-state index in [0.717, 1.165) is 27.5 Å². The fourth-order valence-electron chi connectivity index (χ4n) is 8.49. The van der Waals surface area contributed by atoms with Gasteiger partial charge in [-0.2, -0.15) is 0 Å². The molecular formula is C53H35BN4. The summed E-state index contributed by atoms with van der Waals surface area (Å²) in [5.41, 5.74) is 14.9.